The number of rotatable bonds is 3. The zero-order chi connectivity index (χ0) is 34.0. The first-order valence-corrected chi connectivity index (χ1v) is 22.0. The summed E-state index contributed by atoms with van der Waals surface area (Å²) in [5, 5.41) is 18.7. The summed E-state index contributed by atoms with van der Waals surface area (Å²) >= 11 is 0. The Morgan fingerprint density at radius 3 is 2.62 bits per heavy atom. The molecule has 268 valence electrons. The number of aliphatic hydroxyl groups is 1. The highest BCUT2D eigenvalue weighted by Crippen LogP contribution is 2.71. The molecule has 0 amide bonds. The van der Waals surface area contributed by atoms with Gasteiger partial charge < -0.3 is 25.2 Å². The average molecular weight is 717 g/mol. The van der Waals surface area contributed by atoms with Crippen molar-refractivity contribution in [3.8, 4) is 0 Å². The van der Waals surface area contributed by atoms with Gasteiger partial charge in [-0.25, -0.2) is 9.59 Å². The summed E-state index contributed by atoms with van der Waals surface area (Å²) in [5.74, 6) is 3.69. The molecule has 7 nitrogen and oxygen atoms in total. The molecule has 7 bridgehead atoms. The second kappa shape index (κ2) is 13.2. The lowest BCUT2D eigenvalue weighted by Gasteiger charge is -2.56. The largest absolute Gasteiger partial charge is 0.427 e. The summed E-state index contributed by atoms with van der Waals surface area (Å²) in [6.45, 7) is 3.00. The molecule has 50 heavy (non-hydrogen) atoms. The number of nitrogens with one attached hydrogen (secondary N) is 2. The van der Waals surface area contributed by atoms with E-state index in [1.165, 1.54) is 43.3 Å². The van der Waals surface area contributed by atoms with Crippen LogP contribution in [0.25, 0.3) is 0 Å². The zero-order valence-electron chi connectivity index (χ0n) is 29.4. The monoisotopic (exact) mass is 716 g/mol. The molecular weight excluding hydrogens is 665 g/mol. The fourth-order valence-electron chi connectivity index (χ4n) is 11.9. The van der Waals surface area contributed by atoms with Gasteiger partial charge in [0.2, 0.25) is 0 Å². The highest BCUT2D eigenvalue weighted by molar-refractivity contribution is 8.76. The SMILES string of the molecule is CCC1(C=C2OC(=O)C3=C2CCC2C4CCC5(C6=CCC(C7CCCCC7)C(O)SSCNC7=CC(=CCN7)CC4=C5C(=O)O6)C32)CCCC1. The number of carbonyl (C=O) groups is 2. The summed E-state index contributed by atoms with van der Waals surface area (Å²) in [6.07, 6.45) is 25.7. The van der Waals surface area contributed by atoms with Crippen molar-refractivity contribution in [3.05, 3.63) is 69.5 Å². The van der Waals surface area contributed by atoms with Gasteiger partial charge in [-0.15, -0.1) is 0 Å². The van der Waals surface area contributed by atoms with E-state index >= 15 is 0 Å². The van der Waals surface area contributed by atoms with Crippen LogP contribution in [0.2, 0.25) is 0 Å². The van der Waals surface area contributed by atoms with Crippen LogP contribution >= 0.6 is 21.6 Å². The maximum absolute atomic E-state index is 14.4. The van der Waals surface area contributed by atoms with Crippen molar-refractivity contribution < 1.29 is 24.2 Å². The molecule has 0 aromatic rings. The van der Waals surface area contributed by atoms with Gasteiger partial charge in [-0.1, -0.05) is 85.1 Å². The van der Waals surface area contributed by atoms with E-state index in [1.54, 1.807) is 21.6 Å². The molecule has 10 aliphatic rings. The minimum absolute atomic E-state index is 0.0665. The van der Waals surface area contributed by atoms with E-state index in [1.807, 2.05) is 0 Å². The van der Waals surface area contributed by atoms with E-state index in [2.05, 4.69) is 41.9 Å². The lowest BCUT2D eigenvalue weighted by molar-refractivity contribution is -0.135. The molecular formula is C41H52N2O5S2. The van der Waals surface area contributed by atoms with Crippen molar-refractivity contribution >= 4 is 33.5 Å². The van der Waals surface area contributed by atoms with Gasteiger partial charge in [0.1, 0.15) is 17.0 Å². The van der Waals surface area contributed by atoms with Crippen LogP contribution in [0.4, 0.5) is 0 Å². The zero-order valence-corrected chi connectivity index (χ0v) is 31.0. The fraction of sp³-hybridized carbons (Fsp3) is 0.659. The number of fused-ring (bicyclic) bond motifs is 2. The Balaban J connectivity index is 1.19. The second-order valence-electron chi connectivity index (χ2n) is 16.5. The van der Waals surface area contributed by atoms with Crippen molar-refractivity contribution in [2.75, 3.05) is 12.4 Å². The Morgan fingerprint density at radius 2 is 1.80 bits per heavy atom. The van der Waals surface area contributed by atoms with Crippen molar-refractivity contribution in [2.45, 2.75) is 115 Å². The van der Waals surface area contributed by atoms with Gasteiger partial charge in [0.05, 0.1) is 22.7 Å². The van der Waals surface area contributed by atoms with Crippen LogP contribution in [0.3, 0.4) is 0 Å². The van der Waals surface area contributed by atoms with Crippen LogP contribution in [-0.4, -0.2) is 34.9 Å². The van der Waals surface area contributed by atoms with Gasteiger partial charge in [0.15, 0.2) is 0 Å². The number of cyclic esters (lactones) is 1. The van der Waals surface area contributed by atoms with E-state index < -0.39 is 10.9 Å². The molecule has 1 spiro atoms. The number of ether oxygens (including phenoxy) is 2. The molecule has 0 aromatic heterocycles. The van der Waals surface area contributed by atoms with E-state index in [0.29, 0.717) is 18.2 Å². The summed E-state index contributed by atoms with van der Waals surface area (Å²) in [6, 6.07) is 0. The molecule has 3 N–H and O–H groups in total. The number of aliphatic hydroxyl groups excluding tert-OH is 1. The van der Waals surface area contributed by atoms with Crippen molar-refractivity contribution in [1.82, 2.24) is 10.6 Å². The fourth-order valence-corrected chi connectivity index (χ4v) is 14.0. The maximum Gasteiger partial charge on any atom is 0.340 e. The molecule has 10 rings (SSSR count). The second-order valence-corrected chi connectivity index (χ2v) is 19.0. The molecule has 4 heterocycles. The van der Waals surface area contributed by atoms with Crippen molar-refractivity contribution in [2.24, 2.45) is 40.4 Å². The number of allylic oxidation sites excluding steroid dienone is 7. The number of hydrogen-bond donors (Lipinski definition) is 3. The predicted octanol–water partition coefficient (Wildman–Crippen LogP) is 8.48. The third-order valence-electron chi connectivity index (χ3n) is 14.3. The van der Waals surface area contributed by atoms with Crippen LogP contribution in [0.15, 0.2) is 69.5 Å². The molecule has 6 unspecified atom stereocenters. The number of carbonyl (C=O) groups excluding carboxylic acids is 2. The summed E-state index contributed by atoms with van der Waals surface area (Å²) < 4.78 is 12.8. The van der Waals surface area contributed by atoms with E-state index in [4.69, 9.17) is 9.47 Å². The Hall–Kier alpha value is -2.36. The number of esters is 2. The van der Waals surface area contributed by atoms with Crippen molar-refractivity contribution in [3.63, 3.8) is 0 Å². The molecule has 0 radical (unpaired) electrons. The molecule has 0 aromatic carbocycles. The van der Waals surface area contributed by atoms with E-state index in [0.717, 1.165) is 105 Å². The van der Waals surface area contributed by atoms with Gasteiger partial charge in [0.25, 0.3) is 0 Å². The Kier molecular flexibility index (Phi) is 8.87. The maximum atomic E-state index is 14.4. The van der Waals surface area contributed by atoms with Crippen molar-refractivity contribution in [1.29, 1.82) is 0 Å². The molecule has 9 heteroatoms. The normalized spacial score (nSPS) is 37.7. The Labute approximate surface area is 304 Å². The van der Waals surface area contributed by atoms with Crippen LogP contribution in [0, 0.1) is 40.4 Å². The average Bonchev–Trinajstić information content (AvgIpc) is 3.82. The quantitative estimate of drug-likeness (QED) is 0.196. The van der Waals surface area contributed by atoms with Gasteiger partial charge in [-0.3, -0.25) is 0 Å². The standard InChI is InChI=1S/C41H52N2O5S2/c1-2-40(16-6-7-17-40)22-31-29-11-10-28-27-14-18-41(35(28)34(29)37(44)47-31)32-13-12-26(25-8-4-3-5-9-25)39(46)50-49-23-43-33-21-24(15-19-42-33)20-30(27)36(41)38(45)48-32/h13,15,21-22,25-28,35,39,42-43,46H,2-12,14,16-20,23H2,1H3. The van der Waals surface area contributed by atoms with Gasteiger partial charge in [0, 0.05) is 29.5 Å². The minimum Gasteiger partial charge on any atom is -0.427 e. The van der Waals surface area contributed by atoms with Gasteiger partial charge in [-0.05, 0) is 105 Å². The third kappa shape index (κ3) is 5.41. The highest BCUT2D eigenvalue weighted by atomic mass is 33.1. The number of hydrogen-bond acceptors (Lipinski definition) is 9. The van der Waals surface area contributed by atoms with Gasteiger partial charge >= 0.3 is 11.9 Å². The summed E-state index contributed by atoms with van der Waals surface area (Å²) in [7, 11) is 3.23. The van der Waals surface area contributed by atoms with Crippen LogP contribution < -0.4 is 10.6 Å². The smallest absolute Gasteiger partial charge is 0.340 e. The summed E-state index contributed by atoms with van der Waals surface area (Å²) in [4.78, 5) is 28.6. The van der Waals surface area contributed by atoms with E-state index in [9.17, 15) is 14.7 Å². The molecule has 6 atom stereocenters. The minimum atomic E-state index is -0.670. The lowest BCUT2D eigenvalue weighted by Crippen LogP contribution is -2.52. The first-order valence-electron chi connectivity index (χ1n) is 19.6. The Bertz CT molecular complexity index is 1640. The Morgan fingerprint density at radius 1 is 0.960 bits per heavy atom. The molecule has 6 aliphatic carbocycles. The molecule has 1 saturated heterocycles. The first-order chi connectivity index (χ1) is 24.4. The molecule has 4 fully saturated rings. The highest BCUT2D eigenvalue weighted by Gasteiger charge is 2.68. The van der Waals surface area contributed by atoms with E-state index in [-0.39, 0.29) is 41.0 Å². The van der Waals surface area contributed by atoms with Gasteiger partial charge in [-0.2, -0.15) is 0 Å². The summed E-state index contributed by atoms with van der Waals surface area (Å²) in [5.41, 5.74) is 4.11. The lowest BCUT2D eigenvalue weighted by atomic mass is 9.44. The predicted molar refractivity (Wildman–Crippen MR) is 198 cm³/mol. The van der Waals surface area contributed by atoms with Crippen LogP contribution in [0.5, 0.6) is 0 Å². The molecule has 4 aliphatic heterocycles. The van der Waals surface area contributed by atoms with Crippen LogP contribution in [-0.2, 0) is 19.1 Å². The number of dihydropyridines is 1. The molecule has 3 saturated carbocycles. The topological polar surface area (TPSA) is 96.9 Å². The third-order valence-corrected chi connectivity index (χ3v) is 16.6. The van der Waals surface area contributed by atoms with Crippen LogP contribution in [0.1, 0.15) is 110 Å². The first kappa shape index (κ1) is 33.5.